The molecule has 1 saturated heterocycles. The highest BCUT2D eigenvalue weighted by atomic mass is 32.2. The lowest BCUT2D eigenvalue weighted by Crippen LogP contribution is -2.33. The normalized spacial score (nSPS) is 21.3. The van der Waals surface area contributed by atoms with Crippen LogP contribution in [0.15, 0.2) is 41.8 Å². The number of aromatic nitrogens is 2. The van der Waals surface area contributed by atoms with E-state index >= 15 is 0 Å². The van der Waals surface area contributed by atoms with Crippen LogP contribution in [0.3, 0.4) is 0 Å². The van der Waals surface area contributed by atoms with Crippen molar-refractivity contribution in [1.29, 1.82) is 0 Å². The van der Waals surface area contributed by atoms with Gasteiger partial charge in [-0.3, -0.25) is 0 Å². The fraction of sp³-hybridized carbons (Fsp3) is 0.471. The minimum Gasteiger partial charge on any atom is -0.334 e. The summed E-state index contributed by atoms with van der Waals surface area (Å²) in [6, 6.07) is 5.77. The Labute approximate surface area is 158 Å². The van der Waals surface area contributed by atoms with Gasteiger partial charge >= 0.3 is 0 Å². The van der Waals surface area contributed by atoms with E-state index in [1.54, 1.807) is 10.6 Å². The molecule has 1 aliphatic rings. The number of hydrogen-bond donors (Lipinski definition) is 0. The fourth-order valence-electron chi connectivity index (χ4n) is 3.12. The van der Waals surface area contributed by atoms with E-state index in [2.05, 4.69) is 4.98 Å². The molecule has 1 fully saturated rings. The lowest BCUT2D eigenvalue weighted by molar-refractivity contribution is 0.425. The van der Waals surface area contributed by atoms with Crippen LogP contribution in [0.25, 0.3) is 0 Å². The van der Waals surface area contributed by atoms with Crippen molar-refractivity contribution in [3.05, 3.63) is 48.2 Å². The van der Waals surface area contributed by atoms with Crippen molar-refractivity contribution in [3.8, 4) is 0 Å². The Hall–Kier alpha value is -1.78. The van der Waals surface area contributed by atoms with Crippen LogP contribution in [0.2, 0.25) is 0 Å². The Morgan fingerprint density at radius 1 is 1.22 bits per heavy atom. The molecule has 7 nitrogen and oxygen atoms in total. The zero-order valence-corrected chi connectivity index (χ0v) is 16.7. The van der Waals surface area contributed by atoms with E-state index < -0.39 is 30.9 Å². The van der Waals surface area contributed by atoms with Gasteiger partial charge in [0.15, 0.2) is 14.9 Å². The summed E-state index contributed by atoms with van der Waals surface area (Å²) in [5.74, 6) is -0.964. The topological polar surface area (TPSA) is 89.3 Å². The van der Waals surface area contributed by atoms with Gasteiger partial charge in [-0.25, -0.2) is 26.2 Å². The van der Waals surface area contributed by atoms with Crippen molar-refractivity contribution in [1.82, 2.24) is 13.9 Å². The number of nitrogens with zero attached hydrogens (tertiary/aromatic N) is 3. The molecule has 0 aliphatic carbocycles. The third kappa shape index (κ3) is 3.92. The number of sulfonamides is 1. The van der Waals surface area contributed by atoms with Gasteiger partial charge in [0.05, 0.1) is 17.3 Å². The number of halogens is 1. The van der Waals surface area contributed by atoms with E-state index in [9.17, 15) is 21.2 Å². The van der Waals surface area contributed by atoms with Crippen molar-refractivity contribution >= 4 is 19.9 Å². The molecule has 0 bridgehead atoms. The molecule has 1 unspecified atom stereocenters. The van der Waals surface area contributed by atoms with Gasteiger partial charge in [0, 0.05) is 30.9 Å². The van der Waals surface area contributed by atoms with Crippen LogP contribution in [0.4, 0.5) is 4.39 Å². The van der Waals surface area contributed by atoms with Crippen LogP contribution in [0.5, 0.6) is 0 Å². The van der Waals surface area contributed by atoms with Crippen molar-refractivity contribution in [2.45, 2.75) is 36.6 Å². The monoisotopic (exact) mass is 415 g/mol. The summed E-state index contributed by atoms with van der Waals surface area (Å²) in [5, 5.41) is -1.18. The molecule has 0 saturated carbocycles. The molecule has 0 spiro atoms. The van der Waals surface area contributed by atoms with Crippen LogP contribution in [0, 0.1) is 5.82 Å². The van der Waals surface area contributed by atoms with Gasteiger partial charge in [0.2, 0.25) is 0 Å². The van der Waals surface area contributed by atoms with Crippen LogP contribution >= 0.6 is 0 Å². The second-order valence-electron chi connectivity index (χ2n) is 6.82. The molecule has 1 atom stereocenters. The summed E-state index contributed by atoms with van der Waals surface area (Å²) in [6.45, 7) is 3.60. The molecule has 1 aromatic heterocycles. The van der Waals surface area contributed by atoms with Crippen LogP contribution in [-0.4, -0.2) is 49.5 Å². The summed E-state index contributed by atoms with van der Waals surface area (Å²) in [7, 11) is -7.61. The Morgan fingerprint density at radius 2 is 1.93 bits per heavy atom. The first-order chi connectivity index (χ1) is 12.6. The van der Waals surface area contributed by atoms with Gasteiger partial charge < -0.3 is 4.57 Å². The number of hydrogen-bond acceptors (Lipinski definition) is 5. The van der Waals surface area contributed by atoms with Gasteiger partial charge in [-0.1, -0.05) is 18.2 Å². The third-order valence-corrected chi connectivity index (χ3v) is 8.62. The van der Waals surface area contributed by atoms with Crippen molar-refractivity contribution in [2.24, 2.45) is 0 Å². The summed E-state index contributed by atoms with van der Waals surface area (Å²) in [6.07, 6.45) is 2.87. The van der Waals surface area contributed by atoms with E-state index in [1.807, 2.05) is 13.8 Å². The van der Waals surface area contributed by atoms with Crippen LogP contribution in [-0.2, 0) is 19.9 Å². The maximum absolute atomic E-state index is 14.1. The molecule has 27 heavy (non-hydrogen) atoms. The van der Waals surface area contributed by atoms with Crippen molar-refractivity contribution in [3.63, 3.8) is 0 Å². The zero-order chi connectivity index (χ0) is 19.8. The Morgan fingerprint density at radius 3 is 2.56 bits per heavy atom. The van der Waals surface area contributed by atoms with Gasteiger partial charge in [-0.05, 0) is 26.3 Å². The average molecular weight is 416 g/mol. The first kappa shape index (κ1) is 20.0. The molecule has 1 aliphatic heterocycles. The highest BCUT2D eigenvalue weighted by molar-refractivity contribution is 7.92. The maximum atomic E-state index is 14.1. The highest BCUT2D eigenvalue weighted by Gasteiger charge is 2.37. The fourth-order valence-corrected chi connectivity index (χ4v) is 6.41. The van der Waals surface area contributed by atoms with Gasteiger partial charge in [0.1, 0.15) is 5.82 Å². The minimum atomic E-state index is -3.92. The summed E-state index contributed by atoms with van der Waals surface area (Å²) >= 11 is 0. The smallest absolute Gasteiger partial charge is 0.262 e. The molecule has 148 valence electrons. The number of rotatable bonds is 4. The molecule has 1 aromatic carbocycles. The SMILES string of the molecule is CC(C)n1cnc(S(=O)(=O)N2CCC(c3ccccc3F)S(=O)(=O)CC2)c1. The second kappa shape index (κ2) is 7.33. The average Bonchev–Trinajstić information content (AvgIpc) is 3.04. The van der Waals surface area contributed by atoms with E-state index in [4.69, 9.17) is 0 Å². The molecule has 0 N–H and O–H groups in total. The second-order valence-corrected chi connectivity index (χ2v) is 11.0. The lowest BCUT2D eigenvalue weighted by Gasteiger charge is -2.18. The maximum Gasteiger partial charge on any atom is 0.262 e. The molecular formula is C17H22FN3O4S2. The van der Waals surface area contributed by atoms with Crippen LogP contribution in [0.1, 0.15) is 37.1 Å². The third-order valence-electron chi connectivity index (χ3n) is 4.73. The Kier molecular flexibility index (Phi) is 5.42. The zero-order valence-electron chi connectivity index (χ0n) is 15.1. The standard InChI is InChI=1S/C17H22FN3O4S2/c1-13(2)20-11-17(19-12-20)27(24,25)21-8-7-16(26(22,23)10-9-21)14-5-3-4-6-15(14)18/h3-6,11-13,16H,7-10H2,1-2H3. The molecule has 10 heteroatoms. The van der Waals surface area contributed by atoms with Crippen LogP contribution < -0.4 is 0 Å². The first-order valence-electron chi connectivity index (χ1n) is 8.62. The molecular weight excluding hydrogens is 393 g/mol. The first-order valence-corrected chi connectivity index (χ1v) is 11.8. The lowest BCUT2D eigenvalue weighted by atomic mass is 10.1. The molecule has 2 heterocycles. The summed E-state index contributed by atoms with van der Waals surface area (Å²) in [5.41, 5.74) is 0.0841. The molecule has 0 radical (unpaired) electrons. The van der Waals surface area contributed by atoms with Gasteiger partial charge in [-0.15, -0.1) is 0 Å². The Bertz CT molecular complexity index is 1030. The minimum absolute atomic E-state index is 0.00656. The quantitative estimate of drug-likeness (QED) is 0.763. The number of sulfone groups is 1. The summed E-state index contributed by atoms with van der Waals surface area (Å²) in [4.78, 5) is 3.97. The molecule has 2 aromatic rings. The van der Waals surface area contributed by atoms with E-state index in [1.165, 1.54) is 30.7 Å². The molecule has 3 rings (SSSR count). The van der Waals surface area contributed by atoms with Gasteiger partial charge in [-0.2, -0.15) is 4.31 Å². The number of imidazole rings is 1. The predicted octanol–water partition coefficient (Wildman–Crippen LogP) is 2.15. The van der Waals surface area contributed by atoms with Crippen molar-refractivity contribution < 1.29 is 21.2 Å². The Balaban J connectivity index is 1.89. The van der Waals surface area contributed by atoms with E-state index in [0.717, 1.165) is 4.31 Å². The van der Waals surface area contributed by atoms with E-state index in [-0.39, 0.29) is 41.9 Å². The number of benzene rings is 1. The highest BCUT2D eigenvalue weighted by Crippen LogP contribution is 2.32. The van der Waals surface area contributed by atoms with Gasteiger partial charge in [0.25, 0.3) is 10.0 Å². The largest absolute Gasteiger partial charge is 0.334 e. The van der Waals surface area contributed by atoms with Crippen molar-refractivity contribution in [2.75, 3.05) is 18.8 Å². The summed E-state index contributed by atoms with van der Waals surface area (Å²) < 4.78 is 68.0. The molecule has 0 amide bonds. The predicted molar refractivity (Wildman–Crippen MR) is 98.9 cm³/mol. The van der Waals surface area contributed by atoms with E-state index in [0.29, 0.717) is 0 Å².